The van der Waals surface area contributed by atoms with Crippen molar-refractivity contribution in [1.29, 1.82) is 0 Å². The topological polar surface area (TPSA) is 93.8 Å². The molecule has 3 rings (SSSR count). The average molecular weight is 340 g/mol. The van der Waals surface area contributed by atoms with Crippen molar-refractivity contribution < 1.29 is 9.59 Å². The quantitative estimate of drug-likeness (QED) is 0.692. The van der Waals surface area contributed by atoms with Gasteiger partial charge >= 0.3 is 0 Å². The number of aromatic nitrogens is 4. The summed E-state index contributed by atoms with van der Waals surface area (Å²) in [6.07, 6.45) is 1.76. The zero-order valence-corrected chi connectivity index (χ0v) is 14.2. The molecule has 0 aliphatic heterocycles. The summed E-state index contributed by atoms with van der Waals surface area (Å²) in [6, 6.07) is 9.44. The van der Waals surface area contributed by atoms with Crippen LogP contribution in [-0.2, 0) is 25.4 Å². The van der Waals surface area contributed by atoms with Crippen LogP contribution in [0.25, 0.3) is 11.0 Å². The van der Waals surface area contributed by atoms with E-state index in [-0.39, 0.29) is 24.8 Å². The lowest BCUT2D eigenvalue weighted by molar-refractivity contribution is -0.121. The molecule has 0 unspecified atom stereocenters. The fourth-order valence-electron chi connectivity index (χ4n) is 2.60. The maximum atomic E-state index is 12.0. The highest BCUT2D eigenvalue weighted by atomic mass is 16.2. The number of benzene rings is 1. The molecule has 2 aromatic heterocycles. The van der Waals surface area contributed by atoms with Gasteiger partial charge in [-0.2, -0.15) is 5.10 Å². The highest BCUT2D eigenvalue weighted by Crippen LogP contribution is 2.13. The number of carbonyl (C=O) groups excluding carboxylic acids is 2. The Bertz CT molecular complexity index is 911. The van der Waals surface area contributed by atoms with Gasteiger partial charge in [0.25, 0.3) is 5.91 Å². The molecule has 2 amide bonds. The Morgan fingerprint density at radius 3 is 2.64 bits per heavy atom. The fraction of sp³-hybridized carbons (Fsp3) is 0.294. The molecule has 8 heteroatoms. The van der Waals surface area contributed by atoms with E-state index < -0.39 is 0 Å². The van der Waals surface area contributed by atoms with Gasteiger partial charge in [-0.25, -0.2) is 4.98 Å². The summed E-state index contributed by atoms with van der Waals surface area (Å²) in [5.41, 5.74) is 2.38. The second-order valence-corrected chi connectivity index (χ2v) is 5.70. The van der Waals surface area contributed by atoms with Gasteiger partial charge in [-0.3, -0.25) is 14.3 Å². The minimum Gasteiger partial charge on any atom is -0.350 e. The van der Waals surface area contributed by atoms with Gasteiger partial charge in [0.1, 0.15) is 11.5 Å². The molecule has 0 atom stereocenters. The van der Waals surface area contributed by atoms with Gasteiger partial charge < -0.3 is 15.2 Å². The van der Waals surface area contributed by atoms with Crippen LogP contribution >= 0.6 is 0 Å². The van der Waals surface area contributed by atoms with Gasteiger partial charge in [0.2, 0.25) is 5.91 Å². The molecule has 0 aliphatic carbocycles. The number of aryl methyl sites for hydroxylation is 2. The lowest BCUT2D eigenvalue weighted by atomic mass is 10.3. The van der Waals surface area contributed by atoms with Gasteiger partial charge in [-0.05, 0) is 18.2 Å². The number of amides is 2. The van der Waals surface area contributed by atoms with E-state index in [2.05, 4.69) is 20.7 Å². The number of imidazole rings is 1. The summed E-state index contributed by atoms with van der Waals surface area (Å²) in [6.45, 7) is 0.609. The average Bonchev–Trinajstić information content (AvgIpc) is 3.17. The molecular formula is C17H20N6O2. The van der Waals surface area contributed by atoms with Gasteiger partial charge in [0.05, 0.1) is 17.6 Å². The molecule has 130 valence electrons. The van der Waals surface area contributed by atoms with Crippen molar-refractivity contribution >= 4 is 22.8 Å². The SMILES string of the molecule is Cn1nccc1C(=O)NCCC(=O)NCc1nc2ccccc2n1C. The van der Waals surface area contributed by atoms with E-state index >= 15 is 0 Å². The molecule has 0 radical (unpaired) electrons. The predicted molar refractivity (Wildman–Crippen MR) is 92.7 cm³/mol. The highest BCUT2D eigenvalue weighted by molar-refractivity contribution is 5.92. The number of rotatable bonds is 6. The third-order valence-electron chi connectivity index (χ3n) is 4.01. The lowest BCUT2D eigenvalue weighted by Gasteiger charge is -2.07. The van der Waals surface area contributed by atoms with Gasteiger partial charge in [0.15, 0.2) is 0 Å². The molecule has 0 saturated carbocycles. The van der Waals surface area contributed by atoms with Crippen molar-refractivity contribution in [2.45, 2.75) is 13.0 Å². The van der Waals surface area contributed by atoms with E-state index in [1.807, 2.05) is 35.9 Å². The summed E-state index contributed by atoms with van der Waals surface area (Å²) >= 11 is 0. The standard InChI is InChI=1S/C17H20N6O2/c1-22-13-6-4-3-5-12(13)21-15(22)11-19-16(24)8-9-18-17(25)14-7-10-20-23(14)2/h3-7,10H,8-9,11H2,1-2H3,(H,18,25)(H,19,24). The van der Waals surface area contributed by atoms with Gasteiger partial charge in [0, 0.05) is 33.3 Å². The third kappa shape index (κ3) is 3.68. The van der Waals surface area contributed by atoms with Crippen molar-refractivity contribution in [1.82, 2.24) is 30.0 Å². The van der Waals surface area contributed by atoms with E-state index in [1.54, 1.807) is 19.3 Å². The zero-order chi connectivity index (χ0) is 17.8. The number of fused-ring (bicyclic) bond motifs is 1. The maximum absolute atomic E-state index is 12.0. The van der Waals surface area contributed by atoms with E-state index in [0.717, 1.165) is 16.9 Å². The number of carbonyl (C=O) groups is 2. The first-order valence-electron chi connectivity index (χ1n) is 7.99. The van der Waals surface area contributed by atoms with Crippen molar-refractivity contribution in [2.75, 3.05) is 6.54 Å². The zero-order valence-electron chi connectivity index (χ0n) is 14.2. The molecule has 0 aliphatic rings. The van der Waals surface area contributed by atoms with E-state index in [1.165, 1.54) is 4.68 Å². The van der Waals surface area contributed by atoms with Crippen molar-refractivity contribution in [3.05, 3.63) is 48.0 Å². The van der Waals surface area contributed by atoms with Crippen LogP contribution in [0.1, 0.15) is 22.7 Å². The van der Waals surface area contributed by atoms with Crippen LogP contribution in [0.2, 0.25) is 0 Å². The Labute approximate surface area is 144 Å². The van der Waals surface area contributed by atoms with E-state index in [0.29, 0.717) is 12.2 Å². The molecule has 1 aromatic carbocycles. The van der Waals surface area contributed by atoms with Gasteiger partial charge in [-0.15, -0.1) is 0 Å². The van der Waals surface area contributed by atoms with Crippen LogP contribution in [0.3, 0.4) is 0 Å². The van der Waals surface area contributed by atoms with Crippen molar-refractivity contribution in [2.24, 2.45) is 14.1 Å². The van der Waals surface area contributed by atoms with E-state index in [4.69, 9.17) is 0 Å². The first-order valence-corrected chi connectivity index (χ1v) is 7.99. The number of nitrogens with zero attached hydrogens (tertiary/aromatic N) is 4. The Balaban J connectivity index is 1.47. The Hall–Kier alpha value is -3.16. The summed E-state index contributed by atoms with van der Waals surface area (Å²) in [5.74, 6) is 0.397. The molecule has 2 heterocycles. The lowest BCUT2D eigenvalue weighted by Crippen LogP contribution is -2.31. The molecule has 0 saturated heterocycles. The molecule has 25 heavy (non-hydrogen) atoms. The molecule has 0 bridgehead atoms. The highest BCUT2D eigenvalue weighted by Gasteiger charge is 2.11. The fourth-order valence-corrected chi connectivity index (χ4v) is 2.60. The largest absolute Gasteiger partial charge is 0.350 e. The summed E-state index contributed by atoms with van der Waals surface area (Å²) in [7, 11) is 3.61. The minimum atomic E-state index is -0.247. The van der Waals surface area contributed by atoms with Crippen LogP contribution in [0.15, 0.2) is 36.5 Å². The number of hydrogen-bond donors (Lipinski definition) is 2. The molecule has 0 spiro atoms. The molecule has 3 aromatic rings. The molecule has 2 N–H and O–H groups in total. The van der Waals surface area contributed by atoms with Crippen LogP contribution in [0.5, 0.6) is 0 Å². The van der Waals surface area contributed by atoms with Crippen LogP contribution in [0.4, 0.5) is 0 Å². The smallest absolute Gasteiger partial charge is 0.269 e. The van der Waals surface area contributed by atoms with E-state index in [9.17, 15) is 9.59 Å². The van der Waals surface area contributed by atoms with Gasteiger partial charge in [-0.1, -0.05) is 12.1 Å². The number of nitrogens with one attached hydrogen (secondary N) is 2. The number of para-hydroxylation sites is 2. The summed E-state index contributed by atoms with van der Waals surface area (Å²) in [5, 5.41) is 9.47. The monoisotopic (exact) mass is 340 g/mol. The summed E-state index contributed by atoms with van der Waals surface area (Å²) in [4.78, 5) is 28.4. The number of hydrogen-bond acceptors (Lipinski definition) is 4. The third-order valence-corrected chi connectivity index (χ3v) is 4.01. The normalized spacial score (nSPS) is 10.8. The van der Waals surface area contributed by atoms with Crippen LogP contribution < -0.4 is 10.6 Å². The minimum absolute atomic E-state index is 0.141. The summed E-state index contributed by atoms with van der Waals surface area (Å²) < 4.78 is 3.45. The second kappa shape index (κ2) is 7.16. The van der Waals surface area contributed by atoms with Crippen molar-refractivity contribution in [3.63, 3.8) is 0 Å². The molecular weight excluding hydrogens is 320 g/mol. The predicted octanol–water partition coefficient (Wildman–Crippen LogP) is 0.743. The maximum Gasteiger partial charge on any atom is 0.269 e. The first kappa shape index (κ1) is 16.7. The first-order chi connectivity index (χ1) is 12.1. The van der Waals surface area contributed by atoms with Crippen LogP contribution in [0, 0.1) is 0 Å². The molecule has 8 nitrogen and oxygen atoms in total. The van der Waals surface area contributed by atoms with Crippen LogP contribution in [-0.4, -0.2) is 37.7 Å². The van der Waals surface area contributed by atoms with Crippen molar-refractivity contribution in [3.8, 4) is 0 Å². The Morgan fingerprint density at radius 1 is 1.12 bits per heavy atom. The Morgan fingerprint density at radius 2 is 1.92 bits per heavy atom. The second-order valence-electron chi connectivity index (χ2n) is 5.70. The Kier molecular flexibility index (Phi) is 4.78. The molecule has 0 fully saturated rings.